The molecule has 0 aromatic carbocycles. The zero-order valence-corrected chi connectivity index (χ0v) is 14.6. The molecule has 3 atom stereocenters. The fraction of sp³-hybridized carbons (Fsp3) is 1.00. The van der Waals surface area contributed by atoms with Crippen molar-refractivity contribution in [1.82, 2.24) is 9.80 Å². The smallest absolute Gasteiger partial charge is 0.349 e. The van der Waals surface area contributed by atoms with Crippen LogP contribution < -0.4 is 0 Å². The van der Waals surface area contributed by atoms with Gasteiger partial charge in [0.15, 0.2) is 6.29 Å². The standard InChI is InChI=1S/C14H20F8N2O4/c15-5-10-6-24(14(20,21)22)7-11(28-10)25-3-4-27-12(8-16)9-23(1-2-26-12)13(17,18)19/h10-11H,1-9H2. The van der Waals surface area contributed by atoms with Gasteiger partial charge in [0.2, 0.25) is 5.79 Å². The Balaban J connectivity index is 1.83. The van der Waals surface area contributed by atoms with E-state index in [0.717, 1.165) is 0 Å². The molecule has 0 aliphatic carbocycles. The van der Waals surface area contributed by atoms with E-state index in [1.165, 1.54) is 0 Å². The summed E-state index contributed by atoms with van der Waals surface area (Å²) in [6.07, 6.45) is -12.2. The average Bonchev–Trinajstić information content (AvgIpc) is 2.64. The van der Waals surface area contributed by atoms with Crippen LogP contribution >= 0.6 is 0 Å². The summed E-state index contributed by atoms with van der Waals surface area (Å²) < 4.78 is 123. The second kappa shape index (κ2) is 9.34. The van der Waals surface area contributed by atoms with E-state index in [4.69, 9.17) is 18.9 Å². The molecule has 2 aliphatic rings. The second-order valence-electron chi connectivity index (χ2n) is 6.22. The molecule has 2 aliphatic heterocycles. The van der Waals surface area contributed by atoms with Gasteiger partial charge in [0.1, 0.15) is 19.5 Å². The van der Waals surface area contributed by atoms with Crippen molar-refractivity contribution >= 4 is 0 Å². The lowest BCUT2D eigenvalue weighted by molar-refractivity contribution is -0.337. The molecule has 0 saturated carbocycles. The molecule has 0 radical (unpaired) electrons. The molecule has 3 unspecified atom stereocenters. The van der Waals surface area contributed by atoms with E-state index in [9.17, 15) is 35.1 Å². The highest BCUT2D eigenvalue weighted by atomic mass is 19.4. The Morgan fingerprint density at radius 1 is 0.964 bits per heavy atom. The summed E-state index contributed by atoms with van der Waals surface area (Å²) >= 11 is 0. The average molecular weight is 432 g/mol. The van der Waals surface area contributed by atoms with Crippen molar-refractivity contribution in [3.05, 3.63) is 0 Å². The van der Waals surface area contributed by atoms with Crippen LogP contribution in [0.5, 0.6) is 0 Å². The van der Waals surface area contributed by atoms with Crippen LogP contribution in [0.1, 0.15) is 0 Å². The molecule has 2 heterocycles. The summed E-state index contributed by atoms with van der Waals surface area (Å²) in [6, 6.07) is 0. The Morgan fingerprint density at radius 2 is 1.64 bits per heavy atom. The number of halogens is 8. The summed E-state index contributed by atoms with van der Waals surface area (Å²) in [6.45, 7) is -6.64. The SMILES string of the molecule is FCC1CN(C(F)(F)F)CC(OCCOC2(CF)CN(C(F)(F)F)CCO2)O1. The first-order chi connectivity index (χ1) is 13.0. The minimum absolute atomic E-state index is 0.0286. The third kappa shape index (κ3) is 6.35. The lowest BCUT2D eigenvalue weighted by Crippen LogP contribution is -2.59. The topological polar surface area (TPSA) is 43.4 Å². The van der Waals surface area contributed by atoms with Crippen molar-refractivity contribution in [2.45, 2.75) is 30.8 Å². The lowest BCUT2D eigenvalue weighted by atomic mass is 10.2. The fourth-order valence-electron chi connectivity index (χ4n) is 2.77. The fourth-order valence-corrected chi connectivity index (χ4v) is 2.77. The molecular formula is C14H20F8N2O4. The molecule has 2 saturated heterocycles. The number of hydrogen-bond acceptors (Lipinski definition) is 6. The monoisotopic (exact) mass is 432 g/mol. The van der Waals surface area contributed by atoms with Crippen LogP contribution in [0, 0.1) is 0 Å². The Morgan fingerprint density at radius 3 is 2.21 bits per heavy atom. The summed E-state index contributed by atoms with van der Waals surface area (Å²) in [5.74, 6) is -2.16. The van der Waals surface area contributed by atoms with Crippen LogP contribution in [-0.2, 0) is 18.9 Å². The van der Waals surface area contributed by atoms with Gasteiger partial charge in [-0.15, -0.1) is 0 Å². The highest BCUT2D eigenvalue weighted by Gasteiger charge is 2.48. The normalized spacial score (nSPS) is 31.3. The second-order valence-corrected chi connectivity index (χ2v) is 6.22. The Labute approximate surface area is 155 Å². The molecule has 6 nitrogen and oxygen atoms in total. The first-order valence-electron chi connectivity index (χ1n) is 8.29. The van der Waals surface area contributed by atoms with Gasteiger partial charge in [-0.25, -0.2) is 18.6 Å². The Hall–Kier alpha value is -0.800. The maximum absolute atomic E-state index is 13.3. The predicted octanol–water partition coefficient (Wildman–Crippen LogP) is 2.05. The van der Waals surface area contributed by atoms with Crippen LogP contribution in [-0.4, -0.2) is 99.9 Å². The van der Waals surface area contributed by atoms with Gasteiger partial charge < -0.3 is 18.9 Å². The van der Waals surface area contributed by atoms with Crippen molar-refractivity contribution in [2.75, 3.05) is 59.3 Å². The minimum Gasteiger partial charge on any atom is -0.349 e. The molecule has 0 spiro atoms. The molecule has 0 amide bonds. The zero-order chi connectivity index (χ0) is 21.0. The van der Waals surface area contributed by atoms with Crippen LogP contribution in [0.2, 0.25) is 0 Å². The lowest BCUT2D eigenvalue weighted by Gasteiger charge is -2.41. The maximum Gasteiger partial charge on any atom is 0.460 e. The number of ether oxygens (including phenoxy) is 4. The van der Waals surface area contributed by atoms with Crippen molar-refractivity contribution < 1.29 is 54.1 Å². The van der Waals surface area contributed by atoms with Crippen molar-refractivity contribution in [2.24, 2.45) is 0 Å². The van der Waals surface area contributed by atoms with E-state index >= 15 is 0 Å². The first-order valence-corrected chi connectivity index (χ1v) is 8.29. The predicted molar refractivity (Wildman–Crippen MR) is 76.5 cm³/mol. The molecular weight excluding hydrogens is 412 g/mol. The summed E-state index contributed by atoms with van der Waals surface area (Å²) in [4.78, 5) is 0.0645. The number of hydrogen-bond donors (Lipinski definition) is 0. The van der Waals surface area contributed by atoms with Gasteiger partial charge in [0.05, 0.1) is 32.9 Å². The van der Waals surface area contributed by atoms with Gasteiger partial charge >= 0.3 is 12.6 Å². The molecule has 166 valence electrons. The van der Waals surface area contributed by atoms with E-state index < -0.39 is 90.1 Å². The van der Waals surface area contributed by atoms with Crippen molar-refractivity contribution in [3.8, 4) is 0 Å². The summed E-state index contributed by atoms with van der Waals surface area (Å²) in [5, 5.41) is 0. The van der Waals surface area contributed by atoms with Crippen LogP contribution in [0.3, 0.4) is 0 Å². The summed E-state index contributed by atoms with van der Waals surface area (Å²) in [5.41, 5.74) is 0. The zero-order valence-electron chi connectivity index (χ0n) is 14.6. The van der Waals surface area contributed by atoms with Crippen LogP contribution in [0.15, 0.2) is 0 Å². The van der Waals surface area contributed by atoms with Crippen molar-refractivity contribution in [1.29, 1.82) is 0 Å². The Kier molecular flexibility index (Phi) is 7.83. The molecule has 0 aromatic rings. The van der Waals surface area contributed by atoms with E-state index in [2.05, 4.69) is 0 Å². The Bertz CT molecular complexity index is 495. The number of rotatable bonds is 7. The van der Waals surface area contributed by atoms with E-state index in [1.54, 1.807) is 0 Å². The molecule has 28 heavy (non-hydrogen) atoms. The van der Waals surface area contributed by atoms with E-state index in [0.29, 0.717) is 0 Å². The van der Waals surface area contributed by atoms with Gasteiger partial charge in [-0.2, -0.15) is 26.3 Å². The maximum atomic E-state index is 13.3. The van der Waals surface area contributed by atoms with Crippen LogP contribution in [0.4, 0.5) is 35.1 Å². The number of morpholine rings is 2. The van der Waals surface area contributed by atoms with E-state index in [1.807, 2.05) is 0 Å². The largest absolute Gasteiger partial charge is 0.460 e. The third-order valence-electron chi connectivity index (χ3n) is 4.14. The molecule has 0 N–H and O–H groups in total. The van der Waals surface area contributed by atoms with Gasteiger partial charge in [-0.1, -0.05) is 0 Å². The van der Waals surface area contributed by atoms with Gasteiger partial charge in [0.25, 0.3) is 0 Å². The third-order valence-corrected chi connectivity index (χ3v) is 4.14. The molecule has 2 fully saturated rings. The van der Waals surface area contributed by atoms with Gasteiger partial charge in [0, 0.05) is 13.1 Å². The highest BCUT2D eigenvalue weighted by molar-refractivity contribution is 4.81. The molecule has 14 heteroatoms. The summed E-state index contributed by atoms with van der Waals surface area (Å²) in [7, 11) is 0. The quantitative estimate of drug-likeness (QED) is 0.349. The molecule has 0 aromatic heterocycles. The minimum atomic E-state index is -4.70. The molecule has 0 bridgehead atoms. The highest BCUT2D eigenvalue weighted by Crippen LogP contribution is 2.29. The molecule has 2 rings (SSSR count). The number of alkyl halides is 8. The van der Waals surface area contributed by atoms with E-state index in [-0.39, 0.29) is 9.80 Å². The van der Waals surface area contributed by atoms with Gasteiger partial charge in [-0.05, 0) is 0 Å². The van der Waals surface area contributed by atoms with Crippen molar-refractivity contribution in [3.63, 3.8) is 0 Å². The van der Waals surface area contributed by atoms with Gasteiger partial charge in [-0.3, -0.25) is 0 Å². The van der Waals surface area contributed by atoms with Crippen LogP contribution in [0.25, 0.3) is 0 Å². The number of nitrogens with zero attached hydrogens (tertiary/aromatic N) is 2. The first kappa shape index (κ1) is 23.5.